The summed E-state index contributed by atoms with van der Waals surface area (Å²) in [4.78, 5) is 8.88. The van der Waals surface area contributed by atoms with Crippen molar-refractivity contribution in [3.8, 4) is 17.3 Å². The molecule has 1 aliphatic heterocycles. The molecule has 6 nitrogen and oxygen atoms in total. The van der Waals surface area contributed by atoms with Crippen molar-refractivity contribution in [1.82, 2.24) is 9.97 Å². The number of hydrogen-bond donors (Lipinski definition) is 2. The van der Waals surface area contributed by atoms with Crippen molar-refractivity contribution in [2.75, 3.05) is 30.4 Å². The number of nitrogens with zero attached hydrogens (tertiary/aromatic N) is 3. The molecule has 2 aliphatic rings. The molecule has 2 fully saturated rings. The molecule has 0 atom stereocenters. The third-order valence-electron chi connectivity index (χ3n) is 6.65. The van der Waals surface area contributed by atoms with Gasteiger partial charge in [0, 0.05) is 31.4 Å². The van der Waals surface area contributed by atoms with E-state index in [1.807, 2.05) is 12.1 Å². The van der Waals surface area contributed by atoms with Gasteiger partial charge in [-0.15, -0.1) is 0 Å². The Labute approximate surface area is 195 Å². The highest BCUT2D eigenvalue weighted by Gasteiger charge is 2.32. The Bertz CT molecular complexity index is 1020. The number of nitrogens with one attached hydrogen (secondary N) is 2. The number of hydrogen-bond acceptors (Lipinski definition) is 6. The van der Waals surface area contributed by atoms with Crippen molar-refractivity contribution >= 4 is 11.6 Å². The molecule has 0 bridgehead atoms. The highest BCUT2D eigenvalue weighted by Crippen LogP contribution is 2.31. The summed E-state index contributed by atoms with van der Waals surface area (Å²) >= 11 is 0. The van der Waals surface area contributed by atoms with E-state index in [2.05, 4.69) is 39.7 Å². The van der Waals surface area contributed by atoms with Crippen LogP contribution in [0.1, 0.15) is 51.9 Å². The molecule has 0 radical (unpaired) electrons. The first-order valence-electron chi connectivity index (χ1n) is 11.9. The highest BCUT2D eigenvalue weighted by molar-refractivity contribution is 5.65. The number of anilines is 2. The average Bonchev–Trinajstić information content (AvgIpc) is 2.86. The number of allylic oxidation sites excluding steroid dienone is 2. The minimum absolute atomic E-state index is 0.340. The van der Waals surface area contributed by atoms with Crippen LogP contribution in [0.15, 0.2) is 42.1 Å². The minimum atomic E-state index is -0.457. The molecule has 3 heterocycles. The van der Waals surface area contributed by atoms with E-state index < -0.39 is 11.2 Å². The quantitative estimate of drug-likeness (QED) is 0.527. The molecule has 4 rings (SSSR count). The molecule has 2 aromatic rings. The fourth-order valence-corrected chi connectivity index (χ4v) is 4.58. The van der Waals surface area contributed by atoms with Gasteiger partial charge in [-0.25, -0.2) is 14.4 Å². The second-order valence-corrected chi connectivity index (χ2v) is 9.00. The monoisotopic (exact) mass is 449 g/mol. The van der Waals surface area contributed by atoms with Crippen LogP contribution in [-0.4, -0.2) is 35.8 Å². The van der Waals surface area contributed by atoms with Gasteiger partial charge in [0.25, 0.3) is 0 Å². The Morgan fingerprint density at radius 1 is 1.24 bits per heavy atom. The molecule has 2 aromatic heterocycles. The van der Waals surface area contributed by atoms with Gasteiger partial charge in [-0.3, -0.25) is 0 Å². The first-order valence-corrected chi connectivity index (χ1v) is 11.9. The standard InChI is InChI=1S/C26H32FN5O/c1-2-4-19-7-9-20(10-8-19)31-25-15-21(22(27)16-29-25)23-5-3-6-24(32-23)30-18-26(17-28)11-13-33-14-12-26/h3-6,15-16,20H,2,7-14,18H2,1H3,(H,29,31)(H,30,32). The number of halogens is 1. The van der Waals surface area contributed by atoms with Crippen molar-refractivity contribution in [2.45, 2.75) is 57.9 Å². The number of pyridine rings is 2. The number of rotatable bonds is 7. The molecule has 0 aromatic carbocycles. The Balaban J connectivity index is 1.44. The van der Waals surface area contributed by atoms with E-state index in [9.17, 15) is 9.65 Å². The van der Waals surface area contributed by atoms with Crippen LogP contribution < -0.4 is 10.6 Å². The van der Waals surface area contributed by atoms with Crippen molar-refractivity contribution in [2.24, 2.45) is 5.41 Å². The molecule has 0 amide bonds. The Kier molecular flexibility index (Phi) is 7.56. The molecule has 0 unspecified atom stereocenters. The largest absolute Gasteiger partial charge is 0.381 e. The third-order valence-corrected chi connectivity index (χ3v) is 6.65. The van der Waals surface area contributed by atoms with E-state index in [1.165, 1.54) is 11.8 Å². The lowest BCUT2D eigenvalue weighted by Crippen LogP contribution is -2.34. The van der Waals surface area contributed by atoms with Gasteiger partial charge in [0.15, 0.2) is 5.82 Å². The van der Waals surface area contributed by atoms with Gasteiger partial charge in [0.2, 0.25) is 0 Å². The molecular weight excluding hydrogens is 417 g/mol. The second kappa shape index (κ2) is 10.8. The fourth-order valence-electron chi connectivity index (χ4n) is 4.58. The molecular formula is C26H32FN5O. The summed E-state index contributed by atoms with van der Waals surface area (Å²) < 4.78 is 20.1. The van der Waals surface area contributed by atoms with Crippen molar-refractivity contribution in [1.29, 1.82) is 5.26 Å². The van der Waals surface area contributed by atoms with Crippen molar-refractivity contribution < 1.29 is 9.13 Å². The number of aromatic nitrogens is 2. The Hall–Kier alpha value is -2.98. The molecule has 1 saturated heterocycles. The maximum Gasteiger partial charge on any atom is 0.151 e. The topological polar surface area (TPSA) is 82.9 Å². The second-order valence-electron chi connectivity index (χ2n) is 9.00. The molecule has 1 aliphatic carbocycles. The van der Waals surface area contributed by atoms with Crippen LogP contribution in [0.25, 0.3) is 11.3 Å². The molecule has 33 heavy (non-hydrogen) atoms. The van der Waals surface area contributed by atoms with Crippen LogP contribution in [0.5, 0.6) is 0 Å². The molecule has 2 N–H and O–H groups in total. The SMILES string of the molecule is CCC=C1CCC(Nc2cc(-c3cccc(NCC4(C#N)CCOCC4)n3)c(F)cn2)CC1. The minimum Gasteiger partial charge on any atom is -0.381 e. The van der Waals surface area contributed by atoms with Gasteiger partial charge < -0.3 is 15.4 Å². The van der Waals surface area contributed by atoms with Crippen molar-refractivity contribution in [3.63, 3.8) is 0 Å². The fraction of sp³-hybridized carbons (Fsp3) is 0.500. The Morgan fingerprint density at radius 2 is 2.03 bits per heavy atom. The molecule has 7 heteroatoms. The number of ether oxygens (including phenoxy) is 1. The number of nitriles is 1. The predicted molar refractivity (Wildman–Crippen MR) is 128 cm³/mol. The van der Waals surface area contributed by atoms with E-state index in [1.54, 1.807) is 12.1 Å². The maximum atomic E-state index is 14.7. The van der Waals surface area contributed by atoms with Crippen LogP contribution in [0.3, 0.4) is 0 Å². The Morgan fingerprint density at radius 3 is 2.76 bits per heavy atom. The van der Waals surface area contributed by atoms with Gasteiger partial charge in [-0.05, 0) is 63.1 Å². The highest BCUT2D eigenvalue weighted by atomic mass is 19.1. The van der Waals surface area contributed by atoms with Gasteiger partial charge in [0.05, 0.1) is 23.4 Å². The zero-order valence-corrected chi connectivity index (χ0v) is 19.2. The predicted octanol–water partition coefficient (Wildman–Crippen LogP) is 5.71. The van der Waals surface area contributed by atoms with Gasteiger partial charge in [0.1, 0.15) is 11.6 Å². The summed E-state index contributed by atoms with van der Waals surface area (Å²) in [5.41, 5.74) is 2.04. The van der Waals surface area contributed by atoms with E-state index in [4.69, 9.17) is 4.74 Å². The lowest BCUT2D eigenvalue weighted by Gasteiger charge is -2.30. The summed E-state index contributed by atoms with van der Waals surface area (Å²) in [6.45, 7) is 3.85. The maximum absolute atomic E-state index is 14.7. The first kappa shape index (κ1) is 23.2. The normalized spacial score (nSPS) is 20.0. The van der Waals surface area contributed by atoms with Gasteiger partial charge in [-0.1, -0.05) is 24.6 Å². The zero-order chi connectivity index (χ0) is 23.1. The van der Waals surface area contributed by atoms with Crippen molar-refractivity contribution in [3.05, 3.63) is 47.9 Å². The molecule has 174 valence electrons. The first-order chi connectivity index (χ1) is 16.1. The van der Waals surface area contributed by atoms with E-state index in [0.29, 0.717) is 61.5 Å². The van der Waals surface area contributed by atoms with Crippen LogP contribution in [0.2, 0.25) is 0 Å². The average molecular weight is 450 g/mol. The summed E-state index contributed by atoms with van der Waals surface area (Å²) in [7, 11) is 0. The smallest absolute Gasteiger partial charge is 0.151 e. The van der Waals surface area contributed by atoms with Crippen LogP contribution in [0, 0.1) is 22.6 Å². The lowest BCUT2D eigenvalue weighted by molar-refractivity contribution is 0.0455. The summed E-state index contributed by atoms with van der Waals surface area (Å²) in [6, 6.07) is 10.0. The van der Waals surface area contributed by atoms with Gasteiger partial charge in [-0.2, -0.15) is 5.26 Å². The molecule has 0 spiro atoms. The zero-order valence-electron chi connectivity index (χ0n) is 19.2. The lowest BCUT2D eigenvalue weighted by atomic mass is 9.82. The van der Waals surface area contributed by atoms with Crippen LogP contribution in [0.4, 0.5) is 16.0 Å². The van der Waals surface area contributed by atoms with E-state index >= 15 is 0 Å². The van der Waals surface area contributed by atoms with E-state index in [0.717, 1.165) is 32.1 Å². The summed E-state index contributed by atoms with van der Waals surface area (Å²) in [6.07, 6.45) is 10.4. The third kappa shape index (κ3) is 5.88. The molecule has 1 saturated carbocycles. The van der Waals surface area contributed by atoms with E-state index in [-0.39, 0.29) is 0 Å². The summed E-state index contributed by atoms with van der Waals surface area (Å²) in [5, 5.41) is 16.4. The van der Waals surface area contributed by atoms with Crippen LogP contribution in [-0.2, 0) is 4.74 Å². The van der Waals surface area contributed by atoms with Gasteiger partial charge >= 0.3 is 0 Å². The van der Waals surface area contributed by atoms with Crippen LogP contribution >= 0.6 is 0 Å². The summed E-state index contributed by atoms with van der Waals surface area (Å²) in [5.74, 6) is 0.895.